The molecule has 0 unspecified atom stereocenters. The number of carbonyl (C=O) groups is 3. The smallest absolute Gasteiger partial charge is 0.248 e. The maximum Gasteiger partial charge on any atom is 0.248 e. The molecule has 5 N–H and O–H groups in total. The summed E-state index contributed by atoms with van der Waals surface area (Å²) in [5.74, 6) is -2.46. The lowest BCUT2D eigenvalue weighted by Crippen LogP contribution is -2.54. The van der Waals surface area contributed by atoms with Gasteiger partial charge in [0, 0.05) is 31.6 Å². The van der Waals surface area contributed by atoms with Gasteiger partial charge in [-0.3, -0.25) is 14.4 Å². The zero-order chi connectivity index (χ0) is 34.5. The van der Waals surface area contributed by atoms with E-state index in [4.69, 9.17) is 0 Å². The lowest BCUT2D eigenvalue weighted by atomic mass is 9.83. The number of rotatable bonds is 18. The predicted octanol–water partition coefficient (Wildman–Crippen LogP) is 3.63. The van der Waals surface area contributed by atoms with Gasteiger partial charge in [0.05, 0.1) is 28.4 Å². The van der Waals surface area contributed by atoms with Crippen molar-refractivity contribution in [2.45, 2.75) is 121 Å². The Morgan fingerprint density at radius 3 is 2.32 bits per heavy atom. The van der Waals surface area contributed by atoms with Crippen molar-refractivity contribution in [3.63, 3.8) is 0 Å². The number of aliphatic hydroxyl groups is 1. The molecule has 1 saturated carbocycles. The lowest BCUT2D eigenvalue weighted by Gasteiger charge is -2.30. The number of carbonyl (C=O) groups excluding carboxylic acids is 3. The molecule has 0 spiro atoms. The summed E-state index contributed by atoms with van der Waals surface area (Å²) >= 11 is 0. The number of nitrogens with zero attached hydrogens (tertiary/aromatic N) is 1. The number of benzene rings is 1. The van der Waals surface area contributed by atoms with Crippen LogP contribution in [0, 0.1) is 11.8 Å². The summed E-state index contributed by atoms with van der Waals surface area (Å²) < 4.78 is 25.5. The Balaban J connectivity index is 1.83. The summed E-state index contributed by atoms with van der Waals surface area (Å²) in [5, 5.41) is 19.5. The fourth-order valence-electron chi connectivity index (χ4n) is 5.98. The minimum atomic E-state index is -3.68. The normalized spacial score (nSPS) is 16.9. The van der Waals surface area contributed by atoms with Crippen molar-refractivity contribution in [1.82, 2.24) is 25.9 Å². The van der Waals surface area contributed by atoms with Crippen LogP contribution < -0.4 is 16.0 Å². The molecule has 262 valence electrons. The topological polar surface area (TPSA) is 170 Å². The highest BCUT2D eigenvalue weighted by molar-refractivity contribution is 7.92. The van der Waals surface area contributed by atoms with Gasteiger partial charge in [-0.2, -0.15) is 0 Å². The highest BCUT2D eigenvalue weighted by Crippen LogP contribution is 2.28. The van der Waals surface area contributed by atoms with E-state index >= 15 is 0 Å². The monoisotopic (exact) mass is 673 g/mol. The van der Waals surface area contributed by atoms with Crippen molar-refractivity contribution < 1.29 is 27.9 Å². The quantitative estimate of drug-likeness (QED) is 0.151. The van der Waals surface area contributed by atoms with Gasteiger partial charge >= 0.3 is 0 Å². The number of aromatic nitrogens is 2. The molecule has 11 nitrogen and oxygen atoms in total. The van der Waals surface area contributed by atoms with Gasteiger partial charge in [0.1, 0.15) is 12.1 Å². The summed E-state index contributed by atoms with van der Waals surface area (Å²) in [7, 11) is -3.68. The largest absolute Gasteiger partial charge is 0.383 e. The molecule has 12 heteroatoms. The molecule has 47 heavy (non-hydrogen) atoms. The molecule has 1 aliphatic rings. The molecule has 1 aromatic carbocycles. The van der Waals surface area contributed by atoms with Crippen LogP contribution in [0.1, 0.15) is 96.7 Å². The molecule has 0 bridgehead atoms. The molecule has 4 atom stereocenters. The van der Waals surface area contributed by atoms with Crippen molar-refractivity contribution >= 4 is 27.6 Å². The Bertz CT molecular complexity index is 1350. The average Bonchev–Trinajstić information content (AvgIpc) is 3.54. The second-order valence-corrected chi connectivity index (χ2v) is 16.7. The molecule has 1 aliphatic carbocycles. The zero-order valence-corrected chi connectivity index (χ0v) is 29.3. The van der Waals surface area contributed by atoms with E-state index in [0.29, 0.717) is 24.6 Å². The number of nitrogens with one attached hydrogen (secondary N) is 4. The van der Waals surface area contributed by atoms with E-state index in [0.717, 1.165) is 44.1 Å². The maximum absolute atomic E-state index is 14.0. The number of sulfone groups is 1. The number of H-pyrrole nitrogens is 1. The lowest BCUT2D eigenvalue weighted by molar-refractivity contribution is -0.132. The molecule has 3 rings (SSSR count). The summed E-state index contributed by atoms with van der Waals surface area (Å²) in [6.45, 7) is 7.32. The van der Waals surface area contributed by atoms with E-state index in [1.165, 1.54) is 12.7 Å². The molecule has 1 heterocycles. The van der Waals surface area contributed by atoms with E-state index in [9.17, 15) is 27.9 Å². The van der Waals surface area contributed by atoms with Crippen LogP contribution in [0.15, 0.2) is 42.9 Å². The molecule has 1 fully saturated rings. The van der Waals surface area contributed by atoms with E-state index in [1.807, 2.05) is 37.3 Å². The first kappa shape index (κ1) is 38.2. The predicted molar refractivity (Wildman–Crippen MR) is 183 cm³/mol. The number of hydrogen-bond donors (Lipinski definition) is 5. The Morgan fingerprint density at radius 2 is 1.70 bits per heavy atom. The third-order valence-electron chi connectivity index (χ3n) is 8.98. The van der Waals surface area contributed by atoms with Crippen molar-refractivity contribution in [3.05, 3.63) is 54.1 Å². The summed E-state index contributed by atoms with van der Waals surface area (Å²) in [4.78, 5) is 47.7. The van der Waals surface area contributed by atoms with Gasteiger partial charge in [0.2, 0.25) is 17.7 Å². The highest BCUT2D eigenvalue weighted by Gasteiger charge is 2.36. The zero-order valence-electron chi connectivity index (χ0n) is 28.5. The minimum absolute atomic E-state index is 0.0454. The SMILES string of the molecule is CCCCNC(=O)[C@@H](O)C[C@H](CC1CCCCC1)NC(=O)[C@H](Cc1c[nH]cn1)NC(=O)[C@H](Cc1ccccc1)CS(=O)(=O)C(C)(C)C. The van der Waals surface area contributed by atoms with Gasteiger partial charge in [0.15, 0.2) is 9.84 Å². The Morgan fingerprint density at radius 1 is 1.00 bits per heavy atom. The average molecular weight is 674 g/mol. The molecule has 0 radical (unpaired) electrons. The molecule has 0 aliphatic heterocycles. The van der Waals surface area contributed by atoms with Crippen LogP contribution in [0.2, 0.25) is 0 Å². The summed E-state index contributed by atoms with van der Waals surface area (Å²) in [5.41, 5.74) is 1.36. The number of imidazole rings is 1. The second-order valence-electron chi connectivity index (χ2n) is 13.9. The fourth-order valence-corrected chi connectivity index (χ4v) is 7.27. The Kier molecular flexibility index (Phi) is 14.9. The van der Waals surface area contributed by atoms with Crippen LogP contribution in [0.4, 0.5) is 0 Å². The maximum atomic E-state index is 14.0. The first-order chi connectivity index (χ1) is 22.3. The van der Waals surface area contributed by atoms with E-state index in [-0.39, 0.29) is 25.0 Å². The number of hydrogen-bond acceptors (Lipinski definition) is 7. The molecule has 1 aromatic heterocycles. The van der Waals surface area contributed by atoms with E-state index in [2.05, 4.69) is 25.9 Å². The minimum Gasteiger partial charge on any atom is -0.383 e. The Hall–Kier alpha value is -3.25. The molecule has 2 aromatic rings. The van der Waals surface area contributed by atoms with E-state index in [1.54, 1.807) is 27.0 Å². The first-order valence-corrected chi connectivity index (χ1v) is 18.7. The molecule has 0 saturated heterocycles. The van der Waals surface area contributed by atoms with Gasteiger partial charge in [-0.1, -0.05) is 75.8 Å². The van der Waals surface area contributed by atoms with Gasteiger partial charge < -0.3 is 26.0 Å². The van der Waals surface area contributed by atoms with Gasteiger partial charge in [-0.05, 0) is 51.5 Å². The van der Waals surface area contributed by atoms with Crippen LogP contribution in [-0.2, 0) is 37.1 Å². The third-order valence-corrected chi connectivity index (χ3v) is 11.7. The van der Waals surface area contributed by atoms with Crippen LogP contribution in [0.5, 0.6) is 0 Å². The van der Waals surface area contributed by atoms with Gasteiger partial charge in [-0.25, -0.2) is 13.4 Å². The highest BCUT2D eigenvalue weighted by atomic mass is 32.2. The molecule has 3 amide bonds. The third kappa shape index (κ3) is 12.7. The van der Waals surface area contributed by atoms with Gasteiger partial charge in [0.25, 0.3) is 0 Å². The standard InChI is InChI=1S/C35H55N5O6S/c1-5-6-17-37-34(44)31(41)21-28(19-26-15-11-8-12-16-26)39-33(43)30(20-29-22-36-24-38-29)40-32(42)27(18-25-13-9-7-10-14-25)23-47(45,46)35(2,3)4/h7,9-10,13-14,22,24,26-28,30-31,41H,5-6,8,11-12,15-21,23H2,1-4H3,(H,36,38)(H,37,44)(H,39,43)(H,40,42)/t27-,28+,30+,31+/m1/s1. The van der Waals surface area contributed by atoms with E-state index < -0.39 is 56.4 Å². The van der Waals surface area contributed by atoms with Crippen LogP contribution in [0.25, 0.3) is 0 Å². The van der Waals surface area contributed by atoms with Crippen molar-refractivity contribution in [2.75, 3.05) is 12.3 Å². The Labute approximate surface area is 280 Å². The molecular formula is C35H55N5O6S. The first-order valence-electron chi connectivity index (χ1n) is 17.1. The second kappa shape index (κ2) is 18.3. The number of amides is 3. The summed E-state index contributed by atoms with van der Waals surface area (Å²) in [6.07, 6.45) is 9.85. The van der Waals surface area contributed by atoms with Crippen LogP contribution in [0.3, 0.4) is 0 Å². The fraction of sp³-hybridized carbons (Fsp3) is 0.657. The van der Waals surface area contributed by atoms with Crippen molar-refractivity contribution in [3.8, 4) is 0 Å². The van der Waals surface area contributed by atoms with Gasteiger partial charge in [-0.15, -0.1) is 0 Å². The van der Waals surface area contributed by atoms with Crippen molar-refractivity contribution in [1.29, 1.82) is 0 Å². The number of unbranched alkanes of at least 4 members (excludes halogenated alkanes) is 1. The number of aromatic amines is 1. The van der Waals surface area contributed by atoms with Crippen LogP contribution >= 0.6 is 0 Å². The number of aliphatic hydroxyl groups excluding tert-OH is 1. The summed E-state index contributed by atoms with van der Waals surface area (Å²) in [6, 6.07) is 7.64. The van der Waals surface area contributed by atoms with Crippen LogP contribution in [-0.4, -0.2) is 76.4 Å². The molecular weight excluding hydrogens is 618 g/mol. The van der Waals surface area contributed by atoms with Crippen molar-refractivity contribution in [2.24, 2.45) is 11.8 Å².